The molecule has 2 heterocycles. The van der Waals surface area contributed by atoms with Gasteiger partial charge in [-0.3, -0.25) is 10.1 Å². The van der Waals surface area contributed by atoms with Gasteiger partial charge in [0.1, 0.15) is 5.75 Å². The van der Waals surface area contributed by atoms with Gasteiger partial charge in [0.05, 0.1) is 14.9 Å². The lowest BCUT2D eigenvalue weighted by molar-refractivity contribution is -0.111. The van der Waals surface area contributed by atoms with Crippen molar-refractivity contribution in [3.63, 3.8) is 0 Å². The Bertz CT molecular complexity index is 991. The number of carbonyl (C=O) groups excluding carboxylic acids is 1. The number of ether oxygens (including phenoxy) is 1. The zero-order valence-electron chi connectivity index (χ0n) is 13.3. The van der Waals surface area contributed by atoms with Gasteiger partial charge in [-0.15, -0.1) is 22.7 Å². The number of amides is 1. The Morgan fingerprint density at radius 3 is 2.85 bits per heavy atom. The van der Waals surface area contributed by atoms with Crippen molar-refractivity contribution in [2.75, 3.05) is 5.32 Å². The third kappa shape index (κ3) is 5.58. The van der Waals surface area contributed by atoms with Crippen LogP contribution < -0.4 is 10.1 Å². The van der Waals surface area contributed by atoms with Gasteiger partial charge in [0.15, 0.2) is 5.13 Å². The molecule has 10 heteroatoms. The van der Waals surface area contributed by atoms with Crippen molar-refractivity contribution in [1.29, 1.82) is 0 Å². The number of hydrogen-bond donors (Lipinski definition) is 1. The second kappa shape index (κ2) is 8.92. The summed E-state index contributed by atoms with van der Waals surface area (Å²) in [6.07, 6.45) is 2.62. The van der Waals surface area contributed by atoms with Gasteiger partial charge in [0.2, 0.25) is 5.91 Å². The summed E-state index contributed by atoms with van der Waals surface area (Å²) < 4.78 is 30.7. The van der Waals surface area contributed by atoms with Gasteiger partial charge in [0.25, 0.3) is 0 Å². The zero-order chi connectivity index (χ0) is 19.4. The lowest BCUT2D eigenvalue weighted by Crippen LogP contribution is -2.07. The van der Waals surface area contributed by atoms with Gasteiger partial charge in [-0.05, 0) is 36.4 Å². The standard InChI is InChI=1S/C17H10BrClF2N2O2S2/c18-10-2-3-12(25-16(20)21)9(7-10)1-6-15(24)23-17-22-11(8-26-17)13-4-5-14(19)27-13/h1-8,16H,(H,22,23,24)/b6-1+. The van der Waals surface area contributed by atoms with Gasteiger partial charge >= 0.3 is 6.61 Å². The van der Waals surface area contributed by atoms with Gasteiger partial charge in [-0.2, -0.15) is 8.78 Å². The Morgan fingerprint density at radius 2 is 2.15 bits per heavy atom. The van der Waals surface area contributed by atoms with E-state index >= 15 is 0 Å². The lowest BCUT2D eigenvalue weighted by Gasteiger charge is -2.08. The van der Waals surface area contributed by atoms with Crippen LogP contribution >= 0.6 is 50.2 Å². The van der Waals surface area contributed by atoms with Crippen molar-refractivity contribution in [2.45, 2.75) is 6.61 Å². The van der Waals surface area contributed by atoms with Crippen LogP contribution in [0.2, 0.25) is 4.34 Å². The van der Waals surface area contributed by atoms with Crippen LogP contribution in [-0.2, 0) is 4.79 Å². The van der Waals surface area contributed by atoms with Crippen molar-refractivity contribution in [2.24, 2.45) is 0 Å². The number of anilines is 1. The molecule has 2 aromatic heterocycles. The monoisotopic (exact) mass is 490 g/mol. The summed E-state index contributed by atoms with van der Waals surface area (Å²) in [5.74, 6) is -0.466. The average Bonchev–Trinajstić information content (AvgIpc) is 3.23. The van der Waals surface area contributed by atoms with E-state index < -0.39 is 12.5 Å². The minimum atomic E-state index is -2.95. The molecule has 0 unspecified atom stereocenters. The Morgan fingerprint density at radius 1 is 1.33 bits per heavy atom. The number of thiophene rings is 1. The summed E-state index contributed by atoms with van der Waals surface area (Å²) in [5.41, 5.74) is 1.06. The predicted octanol–water partition coefficient (Wildman–Crippen LogP) is 6.54. The van der Waals surface area contributed by atoms with E-state index in [0.717, 1.165) is 10.6 Å². The van der Waals surface area contributed by atoms with Crippen molar-refractivity contribution in [3.8, 4) is 16.3 Å². The average molecular weight is 492 g/mol. The van der Waals surface area contributed by atoms with Gasteiger partial charge in [-0.1, -0.05) is 27.5 Å². The second-order valence-electron chi connectivity index (χ2n) is 5.02. The normalized spacial score (nSPS) is 11.3. The Kier molecular flexibility index (Phi) is 6.59. The predicted molar refractivity (Wildman–Crippen MR) is 109 cm³/mol. The molecule has 0 atom stereocenters. The molecule has 0 radical (unpaired) electrons. The first kappa shape index (κ1) is 19.9. The van der Waals surface area contributed by atoms with Crippen molar-refractivity contribution < 1.29 is 18.3 Å². The molecule has 27 heavy (non-hydrogen) atoms. The van der Waals surface area contributed by atoms with Crippen LogP contribution in [0, 0.1) is 0 Å². The number of nitrogens with one attached hydrogen (secondary N) is 1. The number of aromatic nitrogens is 1. The molecule has 3 aromatic rings. The summed E-state index contributed by atoms with van der Waals surface area (Å²) in [4.78, 5) is 17.3. The molecule has 140 valence electrons. The minimum absolute atomic E-state index is 0.0247. The van der Waals surface area contributed by atoms with Crippen molar-refractivity contribution in [1.82, 2.24) is 4.98 Å². The molecule has 1 amide bonds. The van der Waals surface area contributed by atoms with Crippen LogP contribution in [0.5, 0.6) is 5.75 Å². The largest absolute Gasteiger partial charge is 0.434 e. The molecule has 1 aromatic carbocycles. The first-order valence-corrected chi connectivity index (χ1v) is 10.2. The highest BCUT2D eigenvalue weighted by atomic mass is 79.9. The SMILES string of the molecule is O=C(/C=C/c1cc(Br)ccc1OC(F)F)Nc1nc(-c2ccc(Cl)s2)cs1. The molecule has 0 bridgehead atoms. The van der Waals surface area contributed by atoms with E-state index in [0.29, 0.717) is 19.5 Å². The number of thiazole rings is 1. The number of alkyl halides is 2. The van der Waals surface area contributed by atoms with Crippen LogP contribution in [-0.4, -0.2) is 17.5 Å². The molecule has 1 N–H and O–H groups in total. The maximum Gasteiger partial charge on any atom is 0.387 e. The van der Waals surface area contributed by atoms with E-state index in [1.54, 1.807) is 18.2 Å². The second-order valence-corrected chi connectivity index (χ2v) is 8.51. The number of hydrogen-bond acceptors (Lipinski definition) is 5. The quantitative estimate of drug-likeness (QED) is 0.398. The van der Waals surface area contributed by atoms with Crippen LogP contribution in [0.25, 0.3) is 16.6 Å². The summed E-state index contributed by atoms with van der Waals surface area (Å²) in [6, 6.07) is 8.17. The van der Waals surface area contributed by atoms with Crippen molar-refractivity contribution in [3.05, 3.63) is 56.2 Å². The van der Waals surface area contributed by atoms with E-state index in [4.69, 9.17) is 11.6 Å². The molecular weight excluding hydrogens is 482 g/mol. The minimum Gasteiger partial charge on any atom is -0.434 e. The van der Waals surface area contributed by atoms with Gasteiger partial charge in [-0.25, -0.2) is 4.98 Å². The fraction of sp³-hybridized carbons (Fsp3) is 0.0588. The molecule has 4 nitrogen and oxygen atoms in total. The Hall–Kier alpha value is -1.81. The van der Waals surface area contributed by atoms with E-state index in [1.165, 1.54) is 40.9 Å². The van der Waals surface area contributed by atoms with E-state index in [1.807, 2.05) is 11.4 Å². The third-order valence-corrected chi connectivity index (χ3v) is 5.67. The molecule has 0 saturated heterocycles. The third-order valence-electron chi connectivity index (χ3n) is 3.16. The summed E-state index contributed by atoms with van der Waals surface area (Å²) in [6.45, 7) is -2.95. The molecule has 0 spiro atoms. The topological polar surface area (TPSA) is 51.2 Å². The molecule has 3 rings (SSSR count). The van der Waals surface area contributed by atoms with Crippen LogP contribution in [0.1, 0.15) is 5.56 Å². The number of rotatable bonds is 6. The zero-order valence-corrected chi connectivity index (χ0v) is 17.3. The van der Waals surface area contributed by atoms with E-state index in [-0.39, 0.29) is 5.75 Å². The summed E-state index contributed by atoms with van der Waals surface area (Å²) in [7, 11) is 0. The van der Waals surface area contributed by atoms with E-state index in [2.05, 4.69) is 31.0 Å². The number of nitrogens with zero attached hydrogens (tertiary/aromatic N) is 1. The van der Waals surface area contributed by atoms with Crippen molar-refractivity contribution >= 4 is 67.3 Å². The fourth-order valence-corrected chi connectivity index (χ4v) is 4.23. The first-order valence-electron chi connectivity index (χ1n) is 7.35. The molecule has 0 aliphatic rings. The number of halogens is 4. The highest BCUT2D eigenvalue weighted by Crippen LogP contribution is 2.33. The maximum atomic E-state index is 12.5. The Labute approximate surface area is 174 Å². The lowest BCUT2D eigenvalue weighted by atomic mass is 10.2. The van der Waals surface area contributed by atoms with Gasteiger partial charge < -0.3 is 4.74 Å². The molecule has 0 saturated carbocycles. The first-order chi connectivity index (χ1) is 12.9. The van der Waals surface area contributed by atoms with Crippen LogP contribution in [0.3, 0.4) is 0 Å². The maximum absolute atomic E-state index is 12.5. The van der Waals surface area contributed by atoms with E-state index in [9.17, 15) is 13.6 Å². The summed E-state index contributed by atoms with van der Waals surface area (Å²) in [5, 5.41) is 4.87. The fourth-order valence-electron chi connectivity index (χ4n) is 2.06. The highest BCUT2D eigenvalue weighted by Gasteiger charge is 2.10. The van der Waals surface area contributed by atoms with Gasteiger partial charge in [0, 0.05) is 21.5 Å². The van der Waals surface area contributed by atoms with Crippen LogP contribution in [0.4, 0.5) is 13.9 Å². The smallest absolute Gasteiger partial charge is 0.387 e. The number of carbonyl (C=O) groups is 1. The number of benzene rings is 1. The highest BCUT2D eigenvalue weighted by molar-refractivity contribution is 9.10. The molecule has 0 aliphatic heterocycles. The molecule has 0 aliphatic carbocycles. The Balaban J connectivity index is 1.69. The molecular formula is C17H10BrClF2N2O2S2. The molecule has 0 fully saturated rings. The van der Waals surface area contributed by atoms with Crippen LogP contribution in [0.15, 0.2) is 46.3 Å². The summed E-state index contributed by atoms with van der Waals surface area (Å²) >= 11 is 11.8.